The summed E-state index contributed by atoms with van der Waals surface area (Å²) in [7, 11) is 0. The summed E-state index contributed by atoms with van der Waals surface area (Å²) >= 11 is 7.98. The number of fused-ring (bicyclic) bond motifs is 3. The number of hydrogen-bond acceptors (Lipinski definition) is 2. The lowest BCUT2D eigenvalue weighted by atomic mass is 9.76. The summed E-state index contributed by atoms with van der Waals surface area (Å²) in [6, 6.07) is 8.96. The number of thiophene rings is 1. The third-order valence-electron chi connectivity index (χ3n) is 7.82. The Balaban J connectivity index is 1.55. The highest BCUT2D eigenvalue weighted by molar-refractivity contribution is 7.19. The predicted octanol–water partition coefficient (Wildman–Crippen LogP) is 7.58. The third-order valence-corrected chi connectivity index (χ3v) is 9.38. The lowest BCUT2D eigenvalue weighted by molar-refractivity contribution is -0.128. The van der Waals surface area contributed by atoms with E-state index in [0.717, 1.165) is 6.42 Å². The van der Waals surface area contributed by atoms with Crippen LogP contribution >= 0.6 is 22.9 Å². The van der Waals surface area contributed by atoms with Crippen LogP contribution in [0.15, 0.2) is 24.3 Å². The van der Waals surface area contributed by atoms with E-state index in [0.29, 0.717) is 23.5 Å². The largest absolute Gasteiger partial charge is 0.346 e. The molecule has 31 heavy (non-hydrogen) atoms. The molecule has 1 aromatic carbocycles. The number of rotatable bonds is 6. The fourth-order valence-corrected chi connectivity index (χ4v) is 7.66. The number of aromatic nitrogens is 1. The molecule has 164 valence electrons. The first kappa shape index (κ1) is 21.3. The monoisotopic (exact) mass is 453 g/mol. The van der Waals surface area contributed by atoms with Crippen LogP contribution in [0.25, 0.3) is 21.5 Å². The van der Waals surface area contributed by atoms with E-state index in [9.17, 15) is 4.79 Å². The highest BCUT2D eigenvalue weighted by Crippen LogP contribution is 2.52. The Bertz CT molecular complexity index is 1110. The van der Waals surface area contributed by atoms with Crippen molar-refractivity contribution in [2.75, 3.05) is 5.88 Å². The molecule has 2 bridgehead atoms. The maximum absolute atomic E-state index is 13.7. The number of aromatic amines is 1. The maximum Gasteiger partial charge on any atom is 0.147 e. The Labute approximate surface area is 194 Å². The van der Waals surface area contributed by atoms with Crippen molar-refractivity contribution in [2.45, 2.75) is 65.2 Å². The number of alkyl halides is 1. The van der Waals surface area contributed by atoms with E-state index >= 15 is 0 Å². The molecule has 5 rings (SSSR count). The summed E-state index contributed by atoms with van der Waals surface area (Å²) in [4.78, 5) is 19.7. The minimum atomic E-state index is -0.432. The predicted molar refractivity (Wildman–Crippen MR) is 132 cm³/mol. The second-order valence-corrected chi connectivity index (χ2v) is 11.8. The van der Waals surface area contributed by atoms with E-state index in [1.165, 1.54) is 68.7 Å². The zero-order valence-corrected chi connectivity index (χ0v) is 20.6. The van der Waals surface area contributed by atoms with Crippen LogP contribution in [0.1, 0.15) is 61.1 Å². The molecular weight excluding hydrogens is 422 g/mol. The summed E-state index contributed by atoms with van der Waals surface area (Å²) in [5.74, 6) is 2.59. The van der Waals surface area contributed by atoms with Gasteiger partial charge in [0.2, 0.25) is 0 Å². The van der Waals surface area contributed by atoms with E-state index in [1.54, 1.807) is 11.3 Å². The molecule has 2 aliphatic carbocycles. The van der Waals surface area contributed by atoms with Crippen LogP contribution in [0.3, 0.4) is 0 Å². The molecule has 0 radical (unpaired) electrons. The molecule has 0 amide bonds. The molecule has 2 nitrogen and oxygen atoms in total. The molecule has 0 atom stereocenters. The van der Waals surface area contributed by atoms with E-state index in [1.807, 2.05) is 0 Å². The number of carbonyl (C=O) groups excluding carboxylic acids is 1. The molecular formula is C27H32ClNOS. The first-order chi connectivity index (χ1) is 14.8. The Morgan fingerprint density at radius 3 is 2.26 bits per heavy atom. The van der Waals surface area contributed by atoms with Gasteiger partial charge in [-0.05, 0) is 101 Å². The number of ketones is 1. The van der Waals surface area contributed by atoms with E-state index in [-0.39, 0.29) is 5.92 Å². The standard InChI is InChI=1S/C27H32ClNOS/c1-15-11-16(2)13-19(12-15)24-20(9-10-28)21-14-22(31-26(21)29-24)27(3,4)25(30)23-17-5-6-18(23)8-7-17/h11-14,17-18,23,29H,5-10H2,1-4H3. The summed E-state index contributed by atoms with van der Waals surface area (Å²) in [6.45, 7) is 8.57. The van der Waals surface area contributed by atoms with E-state index in [4.69, 9.17) is 11.6 Å². The van der Waals surface area contributed by atoms with Crippen LogP contribution < -0.4 is 0 Å². The van der Waals surface area contributed by atoms with Crippen molar-refractivity contribution >= 4 is 38.9 Å². The van der Waals surface area contributed by atoms with Crippen LogP contribution in [0, 0.1) is 31.6 Å². The molecule has 2 aliphatic rings. The van der Waals surface area contributed by atoms with Crippen LogP contribution in [0.4, 0.5) is 0 Å². The van der Waals surface area contributed by atoms with Gasteiger partial charge in [0.15, 0.2) is 0 Å². The quantitative estimate of drug-likeness (QED) is 0.383. The average Bonchev–Trinajstić information content (AvgIpc) is 3.47. The Kier molecular flexibility index (Phi) is 5.34. The zero-order valence-electron chi connectivity index (χ0n) is 19.0. The van der Waals surface area contributed by atoms with Gasteiger partial charge in [-0.3, -0.25) is 4.79 Å². The molecule has 2 aromatic heterocycles. The number of halogens is 1. The summed E-state index contributed by atoms with van der Waals surface area (Å²) in [5, 5.41) is 1.24. The number of Topliss-reactive ketones (excluding diaryl/α,β-unsaturated/α-hetero) is 1. The summed E-state index contributed by atoms with van der Waals surface area (Å²) in [5.41, 5.74) is 5.78. The minimum Gasteiger partial charge on any atom is -0.346 e. The second kappa shape index (κ2) is 7.78. The van der Waals surface area contributed by atoms with Gasteiger partial charge in [0.1, 0.15) is 10.6 Å². The molecule has 3 aromatic rings. The smallest absolute Gasteiger partial charge is 0.147 e. The average molecular weight is 454 g/mol. The van der Waals surface area contributed by atoms with Crippen LogP contribution in [0.5, 0.6) is 0 Å². The fourth-order valence-electron chi connectivity index (χ4n) is 6.27. The first-order valence-corrected chi connectivity index (χ1v) is 13.0. The van der Waals surface area contributed by atoms with E-state index < -0.39 is 5.41 Å². The van der Waals surface area contributed by atoms with Crippen LogP contribution in [-0.2, 0) is 16.6 Å². The van der Waals surface area contributed by atoms with Crippen molar-refractivity contribution in [2.24, 2.45) is 17.8 Å². The number of aryl methyl sites for hydroxylation is 3. The number of nitrogens with one attached hydrogen (secondary N) is 1. The van der Waals surface area contributed by atoms with Gasteiger partial charge in [-0.15, -0.1) is 22.9 Å². The van der Waals surface area contributed by atoms with Gasteiger partial charge in [-0.1, -0.05) is 17.2 Å². The third kappa shape index (κ3) is 3.49. The Hall–Kier alpha value is -1.58. The molecule has 0 spiro atoms. The Morgan fingerprint density at radius 2 is 1.68 bits per heavy atom. The topological polar surface area (TPSA) is 32.9 Å². The molecule has 2 fully saturated rings. The highest BCUT2D eigenvalue weighted by atomic mass is 35.5. The minimum absolute atomic E-state index is 0.281. The van der Waals surface area contributed by atoms with Crippen molar-refractivity contribution in [1.82, 2.24) is 4.98 Å². The number of hydrogen-bond donors (Lipinski definition) is 1. The van der Waals surface area contributed by atoms with Gasteiger partial charge in [0.25, 0.3) is 0 Å². The normalized spacial score (nSPS) is 23.2. The van der Waals surface area contributed by atoms with Crippen molar-refractivity contribution in [3.8, 4) is 11.3 Å². The maximum atomic E-state index is 13.7. The van der Waals surface area contributed by atoms with Crippen molar-refractivity contribution in [1.29, 1.82) is 0 Å². The SMILES string of the molecule is Cc1cc(C)cc(-c2[nH]c3sc(C(C)(C)C(=O)C4C5CCC4CC5)cc3c2CCCl)c1. The molecule has 2 saturated carbocycles. The Morgan fingerprint density at radius 1 is 1.06 bits per heavy atom. The lowest BCUT2D eigenvalue weighted by Gasteiger charge is -2.27. The van der Waals surface area contributed by atoms with Crippen LogP contribution in [-0.4, -0.2) is 16.6 Å². The number of H-pyrrole nitrogens is 1. The number of benzene rings is 1. The van der Waals surface area contributed by atoms with Gasteiger partial charge in [-0.2, -0.15) is 0 Å². The molecule has 0 saturated heterocycles. The molecule has 0 unspecified atom stereocenters. The van der Waals surface area contributed by atoms with Crippen molar-refractivity contribution in [3.05, 3.63) is 45.8 Å². The van der Waals surface area contributed by atoms with Crippen molar-refractivity contribution in [3.63, 3.8) is 0 Å². The van der Waals surface area contributed by atoms with Gasteiger partial charge >= 0.3 is 0 Å². The van der Waals surface area contributed by atoms with Gasteiger partial charge in [-0.25, -0.2) is 0 Å². The van der Waals surface area contributed by atoms with Crippen LogP contribution in [0.2, 0.25) is 0 Å². The van der Waals surface area contributed by atoms with Gasteiger partial charge in [0, 0.05) is 22.1 Å². The molecule has 1 N–H and O–H groups in total. The zero-order chi connectivity index (χ0) is 21.9. The second-order valence-electron chi connectivity index (χ2n) is 10.3. The fraction of sp³-hybridized carbons (Fsp3) is 0.519. The number of carbonyl (C=O) groups is 1. The molecule has 0 aliphatic heterocycles. The highest BCUT2D eigenvalue weighted by Gasteiger charge is 2.50. The molecule has 4 heteroatoms. The summed E-state index contributed by atoms with van der Waals surface area (Å²) in [6.07, 6.45) is 5.83. The van der Waals surface area contributed by atoms with E-state index in [2.05, 4.69) is 56.9 Å². The first-order valence-electron chi connectivity index (χ1n) is 11.6. The van der Waals surface area contributed by atoms with Crippen molar-refractivity contribution < 1.29 is 4.79 Å². The summed E-state index contributed by atoms with van der Waals surface area (Å²) < 4.78 is 0. The lowest BCUT2D eigenvalue weighted by Crippen LogP contribution is -2.36. The van der Waals surface area contributed by atoms with Gasteiger partial charge < -0.3 is 4.98 Å². The van der Waals surface area contributed by atoms with Gasteiger partial charge in [0.05, 0.1) is 11.1 Å². The molecule has 2 heterocycles.